The largest absolute Gasteiger partial charge is 0.296 e. The van der Waals surface area contributed by atoms with Crippen LogP contribution in [0.5, 0.6) is 0 Å². The van der Waals surface area contributed by atoms with Crippen LogP contribution in [-0.4, -0.2) is 31.5 Å². The van der Waals surface area contributed by atoms with Crippen LogP contribution in [0.25, 0.3) is 5.65 Å². The van der Waals surface area contributed by atoms with E-state index in [2.05, 4.69) is 54.2 Å². The van der Waals surface area contributed by atoms with Gasteiger partial charge in [-0.2, -0.15) is 5.10 Å². The number of hydrogen-bond donors (Lipinski definition) is 0. The van der Waals surface area contributed by atoms with E-state index < -0.39 is 0 Å². The molecule has 0 N–H and O–H groups in total. The van der Waals surface area contributed by atoms with Crippen molar-refractivity contribution in [3.05, 3.63) is 45.3 Å². The molecule has 3 aromatic heterocycles. The number of nitrogens with zero attached hydrogens (tertiary/aromatic N) is 5. The second-order valence-corrected chi connectivity index (χ2v) is 7.34. The smallest absolute Gasteiger partial charge is 0.159 e. The van der Waals surface area contributed by atoms with Gasteiger partial charge in [0, 0.05) is 41.3 Å². The molecule has 0 radical (unpaired) electrons. The predicted octanol–water partition coefficient (Wildman–Crippen LogP) is 3.56. The van der Waals surface area contributed by atoms with Gasteiger partial charge < -0.3 is 0 Å². The Balaban J connectivity index is 1.76. The Morgan fingerprint density at radius 2 is 2.00 bits per heavy atom. The summed E-state index contributed by atoms with van der Waals surface area (Å²) >= 11 is 1.75. The molecular formula is C17H23N5S. The fraction of sp³-hybridized carbons (Fsp3) is 0.471. The van der Waals surface area contributed by atoms with E-state index >= 15 is 0 Å². The molecule has 0 spiro atoms. The summed E-state index contributed by atoms with van der Waals surface area (Å²) in [5.74, 6) is 0.494. The Morgan fingerprint density at radius 1 is 1.22 bits per heavy atom. The average molecular weight is 329 g/mol. The highest BCUT2D eigenvalue weighted by atomic mass is 32.1. The van der Waals surface area contributed by atoms with Gasteiger partial charge in [0.25, 0.3) is 0 Å². The second kappa shape index (κ2) is 6.37. The molecule has 5 nitrogen and oxygen atoms in total. The first kappa shape index (κ1) is 16.1. The Morgan fingerprint density at radius 3 is 2.70 bits per heavy atom. The molecule has 3 heterocycles. The summed E-state index contributed by atoms with van der Waals surface area (Å²) in [7, 11) is 2.11. The van der Waals surface area contributed by atoms with Crippen molar-refractivity contribution >= 4 is 17.0 Å². The molecule has 0 aliphatic rings. The van der Waals surface area contributed by atoms with Gasteiger partial charge in [0.2, 0.25) is 0 Å². The fourth-order valence-electron chi connectivity index (χ4n) is 2.71. The van der Waals surface area contributed by atoms with Crippen molar-refractivity contribution < 1.29 is 0 Å². The molecule has 0 saturated carbocycles. The molecule has 23 heavy (non-hydrogen) atoms. The lowest BCUT2D eigenvalue weighted by Gasteiger charge is -2.14. The van der Waals surface area contributed by atoms with Gasteiger partial charge in [0.1, 0.15) is 0 Å². The average Bonchev–Trinajstić information content (AvgIpc) is 3.07. The van der Waals surface area contributed by atoms with Crippen LogP contribution in [0.15, 0.2) is 17.6 Å². The lowest BCUT2D eigenvalue weighted by Crippen LogP contribution is -2.17. The maximum Gasteiger partial charge on any atom is 0.159 e. The van der Waals surface area contributed by atoms with Crippen molar-refractivity contribution in [2.24, 2.45) is 0 Å². The molecule has 6 heteroatoms. The van der Waals surface area contributed by atoms with E-state index in [1.165, 1.54) is 5.01 Å². The minimum absolute atomic E-state index is 0.494. The SMILES string of the molecule is Cc1cc(C)n2ncc(CN(C)Cc3csc(C(C)C)n3)c2n1. The standard InChI is InChI=1S/C17H23N5S/c1-11(2)17-20-15(10-23-17)9-21(5)8-14-7-18-22-13(4)6-12(3)19-16(14)22/h6-7,10-11H,8-9H2,1-5H3. The summed E-state index contributed by atoms with van der Waals surface area (Å²) < 4.78 is 1.91. The maximum atomic E-state index is 4.71. The molecule has 0 amide bonds. The number of rotatable bonds is 5. The van der Waals surface area contributed by atoms with E-state index in [1.54, 1.807) is 11.3 Å². The van der Waals surface area contributed by atoms with E-state index in [0.29, 0.717) is 5.92 Å². The van der Waals surface area contributed by atoms with E-state index in [-0.39, 0.29) is 0 Å². The van der Waals surface area contributed by atoms with E-state index in [9.17, 15) is 0 Å². The van der Waals surface area contributed by atoms with Crippen molar-refractivity contribution in [3.63, 3.8) is 0 Å². The third kappa shape index (κ3) is 3.43. The van der Waals surface area contributed by atoms with Crippen LogP contribution in [0.1, 0.15) is 47.4 Å². The summed E-state index contributed by atoms with van der Waals surface area (Å²) in [6.07, 6.45) is 1.92. The summed E-state index contributed by atoms with van der Waals surface area (Å²) in [5, 5.41) is 7.83. The van der Waals surface area contributed by atoms with Crippen LogP contribution < -0.4 is 0 Å². The van der Waals surface area contributed by atoms with Crippen molar-refractivity contribution in [1.82, 2.24) is 24.5 Å². The molecule has 0 aromatic carbocycles. The first-order valence-corrected chi connectivity index (χ1v) is 8.75. The van der Waals surface area contributed by atoms with Gasteiger partial charge in [-0.25, -0.2) is 14.5 Å². The van der Waals surface area contributed by atoms with Gasteiger partial charge in [-0.1, -0.05) is 13.8 Å². The van der Waals surface area contributed by atoms with E-state index in [1.807, 2.05) is 17.6 Å². The number of aryl methyl sites for hydroxylation is 2. The van der Waals surface area contributed by atoms with Crippen LogP contribution in [-0.2, 0) is 13.1 Å². The predicted molar refractivity (Wildman–Crippen MR) is 93.8 cm³/mol. The molecule has 0 unspecified atom stereocenters. The molecular weight excluding hydrogens is 306 g/mol. The number of aromatic nitrogens is 4. The third-order valence-corrected chi connectivity index (χ3v) is 4.98. The molecule has 0 atom stereocenters. The van der Waals surface area contributed by atoms with E-state index in [0.717, 1.165) is 41.4 Å². The van der Waals surface area contributed by atoms with Crippen molar-refractivity contribution in [2.75, 3.05) is 7.05 Å². The van der Waals surface area contributed by atoms with Gasteiger partial charge in [-0.05, 0) is 27.0 Å². The first-order valence-electron chi connectivity index (χ1n) is 7.87. The van der Waals surface area contributed by atoms with Crippen LogP contribution in [0.3, 0.4) is 0 Å². The number of hydrogen-bond acceptors (Lipinski definition) is 5. The van der Waals surface area contributed by atoms with Crippen LogP contribution in [0.2, 0.25) is 0 Å². The molecule has 122 valence electrons. The Kier molecular flexibility index (Phi) is 4.46. The van der Waals surface area contributed by atoms with Crippen molar-refractivity contribution in [2.45, 2.75) is 46.7 Å². The highest BCUT2D eigenvalue weighted by molar-refractivity contribution is 7.09. The van der Waals surface area contributed by atoms with Crippen molar-refractivity contribution in [3.8, 4) is 0 Å². The molecule has 0 saturated heterocycles. The third-order valence-electron chi connectivity index (χ3n) is 3.79. The Labute approximate surface area is 141 Å². The summed E-state index contributed by atoms with van der Waals surface area (Å²) in [6, 6.07) is 2.05. The van der Waals surface area contributed by atoms with Gasteiger partial charge in [0.15, 0.2) is 5.65 Å². The highest BCUT2D eigenvalue weighted by Gasteiger charge is 2.12. The fourth-order valence-corrected chi connectivity index (χ4v) is 3.54. The second-order valence-electron chi connectivity index (χ2n) is 6.45. The molecule has 0 bridgehead atoms. The molecule has 3 rings (SSSR count). The molecule has 0 fully saturated rings. The zero-order valence-electron chi connectivity index (χ0n) is 14.4. The highest BCUT2D eigenvalue weighted by Crippen LogP contribution is 2.20. The summed E-state index contributed by atoms with van der Waals surface area (Å²) in [5.41, 5.74) is 5.38. The topological polar surface area (TPSA) is 46.3 Å². The quantitative estimate of drug-likeness (QED) is 0.718. The monoisotopic (exact) mass is 329 g/mol. The van der Waals surface area contributed by atoms with Crippen LogP contribution in [0.4, 0.5) is 0 Å². The number of thiazole rings is 1. The maximum absolute atomic E-state index is 4.71. The van der Waals surface area contributed by atoms with Gasteiger partial charge in [-0.15, -0.1) is 11.3 Å². The van der Waals surface area contributed by atoms with Crippen LogP contribution >= 0.6 is 11.3 Å². The summed E-state index contributed by atoms with van der Waals surface area (Å²) in [6.45, 7) is 10.1. The van der Waals surface area contributed by atoms with Gasteiger partial charge >= 0.3 is 0 Å². The van der Waals surface area contributed by atoms with Crippen molar-refractivity contribution in [1.29, 1.82) is 0 Å². The molecule has 0 aliphatic heterocycles. The number of fused-ring (bicyclic) bond motifs is 1. The lowest BCUT2D eigenvalue weighted by molar-refractivity contribution is 0.316. The lowest BCUT2D eigenvalue weighted by atomic mass is 10.2. The normalized spacial score (nSPS) is 12.0. The van der Waals surface area contributed by atoms with Crippen LogP contribution in [0, 0.1) is 13.8 Å². The Hall–Kier alpha value is -1.79. The minimum atomic E-state index is 0.494. The summed E-state index contributed by atoms with van der Waals surface area (Å²) in [4.78, 5) is 11.6. The van der Waals surface area contributed by atoms with Gasteiger partial charge in [-0.3, -0.25) is 4.90 Å². The molecule has 0 aliphatic carbocycles. The Bertz CT molecular complexity index is 818. The zero-order chi connectivity index (χ0) is 16.6. The van der Waals surface area contributed by atoms with E-state index in [4.69, 9.17) is 4.98 Å². The molecule has 3 aromatic rings. The minimum Gasteiger partial charge on any atom is -0.296 e. The van der Waals surface area contributed by atoms with Gasteiger partial charge in [0.05, 0.1) is 16.9 Å². The first-order chi connectivity index (χ1) is 10.9. The zero-order valence-corrected chi connectivity index (χ0v) is 15.2.